The molecule has 27 heavy (non-hydrogen) atoms. The van der Waals surface area contributed by atoms with Gasteiger partial charge in [0.05, 0.1) is 26.0 Å². The molecule has 1 unspecified atom stereocenters. The van der Waals surface area contributed by atoms with Crippen molar-refractivity contribution in [1.82, 2.24) is 14.7 Å². The topological polar surface area (TPSA) is 48.8 Å². The van der Waals surface area contributed by atoms with Crippen LogP contribution in [0.3, 0.4) is 0 Å². The smallest absolute Gasteiger partial charge is 0.127 e. The van der Waals surface area contributed by atoms with Gasteiger partial charge in [-0.1, -0.05) is 6.07 Å². The number of ether oxygens (including phenoxy) is 3. The molecule has 0 bridgehead atoms. The van der Waals surface area contributed by atoms with Crippen LogP contribution in [0.4, 0.5) is 0 Å². The summed E-state index contributed by atoms with van der Waals surface area (Å²) in [6.07, 6.45) is 4.74. The summed E-state index contributed by atoms with van der Waals surface area (Å²) in [5.74, 6) is 1.66. The lowest BCUT2D eigenvalue weighted by atomic mass is 10.1. The minimum absolute atomic E-state index is 0.302. The first kappa shape index (κ1) is 19.7. The van der Waals surface area contributed by atoms with Crippen LogP contribution < -0.4 is 9.47 Å². The fourth-order valence-corrected chi connectivity index (χ4v) is 3.60. The van der Waals surface area contributed by atoms with E-state index in [1.165, 1.54) is 5.56 Å². The van der Waals surface area contributed by atoms with Gasteiger partial charge in [-0.05, 0) is 32.8 Å². The zero-order valence-electron chi connectivity index (χ0n) is 16.9. The first-order valence-corrected chi connectivity index (χ1v) is 9.70. The average Bonchev–Trinajstić information content (AvgIpc) is 3.31. The zero-order chi connectivity index (χ0) is 19.2. The van der Waals surface area contributed by atoms with Gasteiger partial charge in [0.15, 0.2) is 0 Å². The highest BCUT2D eigenvalue weighted by Gasteiger charge is 2.21. The molecule has 6 heteroatoms. The quantitative estimate of drug-likeness (QED) is 0.674. The third kappa shape index (κ3) is 5.02. The van der Waals surface area contributed by atoms with Crippen LogP contribution in [-0.4, -0.2) is 48.2 Å². The number of hydrogen-bond donors (Lipinski definition) is 0. The summed E-state index contributed by atoms with van der Waals surface area (Å²) in [5.41, 5.74) is 3.51. The molecule has 6 nitrogen and oxygen atoms in total. The van der Waals surface area contributed by atoms with Gasteiger partial charge in [0.1, 0.15) is 11.5 Å². The van der Waals surface area contributed by atoms with Crippen molar-refractivity contribution in [3.8, 4) is 11.5 Å². The van der Waals surface area contributed by atoms with Crippen LogP contribution in [0.15, 0.2) is 24.4 Å². The molecule has 1 atom stereocenters. The summed E-state index contributed by atoms with van der Waals surface area (Å²) in [5, 5.41) is 4.59. The average molecular weight is 373 g/mol. The lowest BCUT2D eigenvalue weighted by Crippen LogP contribution is -2.31. The first-order chi connectivity index (χ1) is 13.1. The summed E-state index contributed by atoms with van der Waals surface area (Å²) in [7, 11) is 3.38. The molecule has 2 heterocycles. The highest BCUT2D eigenvalue weighted by atomic mass is 16.5. The van der Waals surface area contributed by atoms with Crippen molar-refractivity contribution in [1.29, 1.82) is 0 Å². The van der Waals surface area contributed by atoms with Crippen LogP contribution in [0, 0.1) is 6.92 Å². The first-order valence-electron chi connectivity index (χ1n) is 9.70. The molecule has 1 aliphatic rings. The van der Waals surface area contributed by atoms with Gasteiger partial charge >= 0.3 is 0 Å². The van der Waals surface area contributed by atoms with Crippen LogP contribution in [0.2, 0.25) is 0 Å². The van der Waals surface area contributed by atoms with E-state index in [2.05, 4.69) is 36.1 Å². The largest absolute Gasteiger partial charge is 0.497 e. The van der Waals surface area contributed by atoms with Crippen molar-refractivity contribution in [2.45, 2.75) is 52.4 Å². The van der Waals surface area contributed by atoms with Gasteiger partial charge in [0, 0.05) is 56.2 Å². The Labute approximate surface area is 162 Å². The molecule has 1 aromatic carbocycles. The van der Waals surface area contributed by atoms with Gasteiger partial charge in [-0.25, -0.2) is 0 Å². The van der Waals surface area contributed by atoms with Gasteiger partial charge in [-0.3, -0.25) is 9.58 Å². The maximum Gasteiger partial charge on any atom is 0.127 e. The lowest BCUT2D eigenvalue weighted by molar-refractivity contribution is 0.0675. The number of aromatic nitrogens is 2. The van der Waals surface area contributed by atoms with E-state index in [4.69, 9.17) is 14.2 Å². The second-order valence-electron chi connectivity index (χ2n) is 7.08. The summed E-state index contributed by atoms with van der Waals surface area (Å²) in [6.45, 7) is 8.51. The standard InChI is InChI=1S/C21H31N3O3/c1-5-24-14-18(16(2)22-24)13-23(15-20-7-6-10-27-20)12-17-8-9-19(25-3)11-21(17)26-4/h8-9,11,14,20H,5-7,10,12-13,15H2,1-4H3. The van der Waals surface area contributed by atoms with Crippen molar-refractivity contribution in [2.24, 2.45) is 0 Å². The highest BCUT2D eigenvalue weighted by molar-refractivity contribution is 5.40. The number of hydrogen-bond acceptors (Lipinski definition) is 5. The number of methoxy groups -OCH3 is 2. The Balaban J connectivity index is 1.79. The number of rotatable bonds is 9. The third-order valence-electron chi connectivity index (χ3n) is 5.14. The van der Waals surface area contributed by atoms with Crippen molar-refractivity contribution in [3.05, 3.63) is 41.2 Å². The molecule has 3 rings (SSSR count). The summed E-state index contributed by atoms with van der Waals surface area (Å²) >= 11 is 0. The maximum absolute atomic E-state index is 5.89. The molecule has 1 fully saturated rings. The van der Waals surface area contributed by atoms with Crippen LogP contribution in [0.5, 0.6) is 11.5 Å². The second-order valence-corrected chi connectivity index (χ2v) is 7.08. The van der Waals surface area contributed by atoms with E-state index in [0.29, 0.717) is 6.10 Å². The van der Waals surface area contributed by atoms with Crippen molar-refractivity contribution >= 4 is 0 Å². The van der Waals surface area contributed by atoms with E-state index >= 15 is 0 Å². The lowest BCUT2D eigenvalue weighted by Gasteiger charge is -2.26. The van der Waals surface area contributed by atoms with E-state index in [9.17, 15) is 0 Å². The molecule has 0 saturated carbocycles. The molecular weight excluding hydrogens is 342 g/mol. The fourth-order valence-electron chi connectivity index (χ4n) is 3.60. The normalized spacial score (nSPS) is 16.9. The Hall–Kier alpha value is -2.05. The van der Waals surface area contributed by atoms with E-state index in [0.717, 1.165) is 68.4 Å². The van der Waals surface area contributed by atoms with E-state index < -0.39 is 0 Å². The van der Waals surface area contributed by atoms with Crippen LogP contribution in [0.25, 0.3) is 0 Å². The molecule has 0 N–H and O–H groups in total. The maximum atomic E-state index is 5.89. The minimum atomic E-state index is 0.302. The van der Waals surface area contributed by atoms with Crippen LogP contribution in [0.1, 0.15) is 36.6 Å². The van der Waals surface area contributed by atoms with Gasteiger partial charge in [-0.15, -0.1) is 0 Å². The monoisotopic (exact) mass is 373 g/mol. The van der Waals surface area contributed by atoms with Gasteiger partial charge in [-0.2, -0.15) is 5.10 Å². The van der Waals surface area contributed by atoms with Gasteiger partial charge in [0.25, 0.3) is 0 Å². The summed E-state index contributed by atoms with van der Waals surface area (Å²) in [4.78, 5) is 2.43. The molecule has 0 spiro atoms. The summed E-state index contributed by atoms with van der Waals surface area (Å²) < 4.78 is 18.8. The zero-order valence-corrected chi connectivity index (χ0v) is 16.9. The molecule has 2 aromatic rings. The van der Waals surface area contributed by atoms with Crippen LogP contribution in [-0.2, 0) is 24.4 Å². The number of benzene rings is 1. The Morgan fingerprint density at radius 3 is 2.67 bits per heavy atom. The number of aryl methyl sites for hydroxylation is 2. The summed E-state index contributed by atoms with van der Waals surface area (Å²) in [6, 6.07) is 6.02. The van der Waals surface area contributed by atoms with E-state index in [-0.39, 0.29) is 0 Å². The molecule has 1 aromatic heterocycles. The Kier molecular flexibility index (Phi) is 6.74. The molecule has 0 radical (unpaired) electrons. The molecule has 148 valence electrons. The molecule has 0 amide bonds. The van der Waals surface area contributed by atoms with Gasteiger partial charge < -0.3 is 14.2 Å². The van der Waals surface area contributed by atoms with Crippen molar-refractivity contribution in [2.75, 3.05) is 27.4 Å². The molecular formula is C21H31N3O3. The second kappa shape index (κ2) is 9.24. The SMILES string of the molecule is CCn1cc(CN(Cc2ccc(OC)cc2OC)CC2CCCO2)c(C)n1. The van der Waals surface area contributed by atoms with Crippen molar-refractivity contribution in [3.63, 3.8) is 0 Å². The molecule has 0 aliphatic carbocycles. The van der Waals surface area contributed by atoms with Crippen LogP contribution >= 0.6 is 0 Å². The van der Waals surface area contributed by atoms with Gasteiger partial charge in [0.2, 0.25) is 0 Å². The number of nitrogens with zero attached hydrogens (tertiary/aromatic N) is 3. The Morgan fingerprint density at radius 2 is 2.04 bits per heavy atom. The molecule has 1 saturated heterocycles. The Bertz CT molecular complexity index is 738. The Morgan fingerprint density at radius 1 is 1.22 bits per heavy atom. The molecule has 1 aliphatic heterocycles. The van der Waals surface area contributed by atoms with E-state index in [1.54, 1.807) is 14.2 Å². The third-order valence-corrected chi connectivity index (χ3v) is 5.14. The van der Waals surface area contributed by atoms with E-state index in [1.807, 2.05) is 16.8 Å². The predicted molar refractivity (Wildman–Crippen MR) is 105 cm³/mol. The fraction of sp³-hybridized carbons (Fsp3) is 0.571. The van der Waals surface area contributed by atoms with Crippen molar-refractivity contribution < 1.29 is 14.2 Å². The minimum Gasteiger partial charge on any atom is -0.497 e. The predicted octanol–water partition coefficient (Wildman–Crippen LogP) is 3.41. The highest BCUT2D eigenvalue weighted by Crippen LogP contribution is 2.27.